The van der Waals surface area contributed by atoms with Gasteiger partial charge in [0.15, 0.2) is 0 Å². The molecule has 0 bridgehead atoms. The lowest BCUT2D eigenvalue weighted by Gasteiger charge is -2.32. The van der Waals surface area contributed by atoms with Gasteiger partial charge in [0.25, 0.3) is 0 Å². The number of amides is 5. The van der Waals surface area contributed by atoms with Gasteiger partial charge in [-0.3, -0.25) is 28.9 Å². The minimum Gasteiger partial charge on any atom is -0.369 e. The Morgan fingerprint density at radius 3 is 2.12 bits per heavy atom. The lowest BCUT2D eigenvalue weighted by Crippen LogP contribution is -2.44. The van der Waals surface area contributed by atoms with Crippen LogP contribution in [0.4, 0.5) is 0 Å². The van der Waals surface area contributed by atoms with Crippen LogP contribution in [0.1, 0.15) is 58.3 Å². The van der Waals surface area contributed by atoms with Crippen molar-refractivity contribution in [2.75, 3.05) is 19.8 Å². The number of nitrogens with zero attached hydrogens (tertiary/aromatic N) is 1. The van der Waals surface area contributed by atoms with Crippen LogP contribution in [0, 0.1) is 17.8 Å². The predicted molar refractivity (Wildman–Crippen MR) is 122 cm³/mol. The van der Waals surface area contributed by atoms with Crippen molar-refractivity contribution in [3.05, 3.63) is 0 Å². The van der Waals surface area contributed by atoms with Gasteiger partial charge in [-0.1, -0.05) is 6.92 Å². The summed E-state index contributed by atoms with van der Waals surface area (Å²) in [5, 5.41) is 4.83. The topological polar surface area (TPSA) is 139 Å². The Morgan fingerprint density at radius 2 is 1.59 bits per heavy atom. The van der Waals surface area contributed by atoms with E-state index < -0.39 is 5.25 Å². The van der Waals surface area contributed by atoms with E-state index in [0.29, 0.717) is 50.7 Å². The van der Waals surface area contributed by atoms with E-state index in [9.17, 15) is 24.0 Å². The molecule has 2 rings (SSSR count). The molecule has 1 saturated heterocycles. The van der Waals surface area contributed by atoms with Gasteiger partial charge in [-0.25, -0.2) is 0 Å². The van der Waals surface area contributed by atoms with E-state index >= 15 is 0 Å². The molecule has 0 aromatic rings. The number of primary amides is 1. The van der Waals surface area contributed by atoms with Gasteiger partial charge in [0, 0.05) is 50.1 Å². The van der Waals surface area contributed by atoms with E-state index in [4.69, 9.17) is 5.73 Å². The molecule has 1 saturated carbocycles. The highest BCUT2D eigenvalue weighted by Crippen LogP contribution is 2.34. The molecule has 0 radical (unpaired) electrons. The molecule has 0 spiro atoms. The van der Waals surface area contributed by atoms with Gasteiger partial charge in [-0.2, -0.15) is 0 Å². The van der Waals surface area contributed by atoms with Crippen LogP contribution in [0.15, 0.2) is 0 Å². The second-order valence-electron chi connectivity index (χ2n) is 8.64. The fourth-order valence-electron chi connectivity index (χ4n) is 4.61. The molecule has 0 aromatic carbocycles. The Morgan fingerprint density at radius 1 is 1.03 bits per heavy atom. The third-order valence-corrected chi connectivity index (χ3v) is 8.06. The van der Waals surface area contributed by atoms with Crippen LogP contribution in [-0.2, 0) is 24.0 Å². The highest BCUT2D eigenvalue weighted by molar-refractivity contribution is 8.00. The zero-order valence-electron chi connectivity index (χ0n) is 19.2. The smallest absolute Gasteiger partial charge is 0.243 e. The lowest BCUT2D eigenvalue weighted by molar-refractivity contribution is -0.142. The van der Waals surface area contributed by atoms with Gasteiger partial charge < -0.3 is 16.4 Å². The van der Waals surface area contributed by atoms with Gasteiger partial charge in [0.2, 0.25) is 29.5 Å². The third-order valence-electron chi connectivity index (χ3n) is 6.70. The van der Waals surface area contributed by atoms with Crippen molar-refractivity contribution in [3.63, 3.8) is 0 Å². The summed E-state index contributed by atoms with van der Waals surface area (Å²) in [5.41, 5.74) is 5.38. The largest absolute Gasteiger partial charge is 0.369 e. The van der Waals surface area contributed by atoms with E-state index in [0.717, 1.165) is 0 Å². The molecule has 3 unspecified atom stereocenters. The molecule has 3 atom stereocenters. The lowest BCUT2D eigenvalue weighted by atomic mass is 9.85. The number of thioether (sulfide) groups is 1. The maximum Gasteiger partial charge on any atom is 0.243 e. The number of hydrogen-bond donors (Lipinski definition) is 3. The molecule has 5 amide bonds. The Balaban J connectivity index is 1.93. The first-order chi connectivity index (χ1) is 15.2. The highest BCUT2D eigenvalue weighted by atomic mass is 32.2. The summed E-state index contributed by atoms with van der Waals surface area (Å²) in [5.74, 6) is -1.12. The van der Waals surface area contributed by atoms with E-state index in [1.165, 1.54) is 16.7 Å². The van der Waals surface area contributed by atoms with E-state index in [1.54, 1.807) is 14.1 Å². The third kappa shape index (κ3) is 6.46. The summed E-state index contributed by atoms with van der Waals surface area (Å²) in [6.07, 6.45) is 4.33. The Labute approximate surface area is 194 Å². The first-order valence-corrected chi connectivity index (χ1v) is 12.5. The SMILES string of the molecule is CCC(CCC(CSC1CC(=O)N(C2CCC(C(N)=O)CC2)C1=O)C(=O)NC)C(=O)NC. The van der Waals surface area contributed by atoms with Crippen molar-refractivity contribution in [3.8, 4) is 0 Å². The van der Waals surface area contributed by atoms with Gasteiger partial charge in [0.1, 0.15) is 0 Å². The van der Waals surface area contributed by atoms with Crippen LogP contribution in [-0.4, -0.2) is 65.6 Å². The molecule has 1 aliphatic carbocycles. The number of hydrogen-bond acceptors (Lipinski definition) is 6. The maximum absolute atomic E-state index is 13.0. The number of nitrogens with one attached hydrogen (secondary N) is 2. The number of carbonyl (C=O) groups is 5. The molecule has 1 heterocycles. The molecule has 180 valence electrons. The number of carbonyl (C=O) groups excluding carboxylic acids is 5. The Hall–Kier alpha value is -2.10. The van der Waals surface area contributed by atoms with Crippen LogP contribution >= 0.6 is 11.8 Å². The van der Waals surface area contributed by atoms with Crippen molar-refractivity contribution in [1.82, 2.24) is 15.5 Å². The Kier molecular flexibility index (Phi) is 9.99. The molecule has 4 N–H and O–H groups in total. The number of imide groups is 1. The summed E-state index contributed by atoms with van der Waals surface area (Å²) in [4.78, 5) is 62.6. The van der Waals surface area contributed by atoms with Crippen molar-refractivity contribution >= 4 is 41.3 Å². The average molecular weight is 469 g/mol. The number of likely N-dealkylation sites (tertiary alicyclic amines) is 1. The van der Waals surface area contributed by atoms with E-state index in [2.05, 4.69) is 10.6 Å². The van der Waals surface area contributed by atoms with Crippen molar-refractivity contribution in [2.24, 2.45) is 23.5 Å². The summed E-state index contributed by atoms with van der Waals surface area (Å²) in [6, 6.07) is -0.177. The summed E-state index contributed by atoms with van der Waals surface area (Å²) in [6.45, 7) is 1.94. The normalized spacial score (nSPS) is 25.3. The van der Waals surface area contributed by atoms with Crippen LogP contribution in [0.3, 0.4) is 0 Å². The summed E-state index contributed by atoms with van der Waals surface area (Å²) < 4.78 is 0. The van der Waals surface area contributed by atoms with Gasteiger partial charge >= 0.3 is 0 Å². The van der Waals surface area contributed by atoms with E-state index in [-0.39, 0.29) is 59.8 Å². The molecular formula is C22H36N4O5S. The van der Waals surface area contributed by atoms with Gasteiger partial charge in [-0.15, -0.1) is 11.8 Å². The van der Waals surface area contributed by atoms with Crippen LogP contribution in [0.5, 0.6) is 0 Å². The first-order valence-electron chi connectivity index (χ1n) is 11.4. The summed E-state index contributed by atoms with van der Waals surface area (Å²) in [7, 11) is 3.18. The zero-order valence-corrected chi connectivity index (χ0v) is 20.0. The van der Waals surface area contributed by atoms with Crippen molar-refractivity contribution in [1.29, 1.82) is 0 Å². The minimum atomic E-state index is -0.496. The molecule has 10 heteroatoms. The molecule has 2 aliphatic rings. The second-order valence-corrected chi connectivity index (χ2v) is 9.88. The molecule has 2 fully saturated rings. The molecular weight excluding hydrogens is 432 g/mol. The van der Waals surface area contributed by atoms with Crippen LogP contribution in [0.25, 0.3) is 0 Å². The molecule has 32 heavy (non-hydrogen) atoms. The van der Waals surface area contributed by atoms with Crippen molar-refractivity contribution < 1.29 is 24.0 Å². The fraction of sp³-hybridized carbons (Fsp3) is 0.773. The van der Waals surface area contributed by atoms with Gasteiger partial charge in [0.05, 0.1) is 5.25 Å². The average Bonchev–Trinajstić information content (AvgIpc) is 3.08. The van der Waals surface area contributed by atoms with Crippen LogP contribution in [0.2, 0.25) is 0 Å². The van der Waals surface area contributed by atoms with Gasteiger partial charge in [-0.05, 0) is 44.9 Å². The molecule has 0 aromatic heterocycles. The quantitative estimate of drug-likeness (QED) is 0.384. The first kappa shape index (κ1) is 26.2. The highest BCUT2D eigenvalue weighted by Gasteiger charge is 2.44. The van der Waals surface area contributed by atoms with E-state index in [1.807, 2.05) is 6.92 Å². The Bertz CT molecular complexity index is 723. The maximum atomic E-state index is 13.0. The number of rotatable bonds is 11. The monoisotopic (exact) mass is 468 g/mol. The minimum absolute atomic E-state index is 0.0333. The molecule has 1 aliphatic heterocycles. The second kappa shape index (κ2) is 12.2. The standard InChI is InChI=1S/C22H36N4O5S/c1-4-13(20(29)24-2)5-6-15(21(30)25-3)12-32-17-11-18(27)26(22(17)31)16-9-7-14(8-10-16)19(23)28/h13-17H,4-12H2,1-3H3,(H2,23,28)(H,24,29)(H,25,30). The number of nitrogens with two attached hydrogens (primary N) is 1. The zero-order chi connectivity index (χ0) is 23.8. The molecule has 9 nitrogen and oxygen atoms in total. The summed E-state index contributed by atoms with van der Waals surface area (Å²) >= 11 is 1.35. The van der Waals surface area contributed by atoms with Crippen LogP contribution < -0.4 is 16.4 Å². The fourth-order valence-corrected chi connectivity index (χ4v) is 5.91. The van der Waals surface area contributed by atoms with Crippen molar-refractivity contribution in [2.45, 2.75) is 69.6 Å². The predicted octanol–water partition coefficient (Wildman–Crippen LogP) is 0.806.